The molecular formula is C50H52N6O22. The van der Waals surface area contributed by atoms with Gasteiger partial charge in [-0.25, -0.2) is 19.4 Å². The van der Waals surface area contributed by atoms with E-state index in [1.54, 1.807) is 12.1 Å². The fraction of sp³-hybridized carbons (Fsp3) is 0.420. The maximum Gasteiger partial charge on any atom is 0.510 e. The normalized spacial score (nSPS) is 21.9. The van der Waals surface area contributed by atoms with Crippen LogP contribution < -0.4 is 30.4 Å². The summed E-state index contributed by atoms with van der Waals surface area (Å²) < 4.78 is 40.5. The smallest absolute Gasteiger partial charge is 0.479 e. The minimum atomic E-state index is -2.26. The van der Waals surface area contributed by atoms with Gasteiger partial charge in [0.15, 0.2) is 17.6 Å². The van der Waals surface area contributed by atoms with Crippen LogP contribution in [0.15, 0.2) is 53.3 Å². The number of hydrogen-bond acceptors (Lipinski definition) is 23. The number of aliphatic carboxylic acids is 1. The summed E-state index contributed by atoms with van der Waals surface area (Å²) in [6.07, 6.45) is -10.1. The molecule has 28 nitrogen and oxygen atoms in total. The lowest BCUT2D eigenvalue weighted by atomic mass is 9.85. The number of anilines is 1. The molecule has 2 aromatic heterocycles. The molecule has 3 unspecified atom stereocenters. The van der Waals surface area contributed by atoms with Crippen molar-refractivity contribution in [2.24, 2.45) is 0 Å². The van der Waals surface area contributed by atoms with E-state index in [0.717, 1.165) is 22.0 Å². The van der Waals surface area contributed by atoms with E-state index in [4.69, 9.17) is 38.1 Å². The van der Waals surface area contributed by atoms with Crippen molar-refractivity contribution in [3.05, 3.63) is 86.7 Å². The fourth-order valence-corrected chi connectivity index (χ4v) is 9.50. The number of benzene rings is 2. The molecule has 414 valence electrons. The zero-order valence-corrected chi connectivity index (χ0v) is 41.5. The molecule has 78 heavy (non-hydrogen) atoms. The molecule has 7 heterocycles. The number of ether oxygens (including phenoxy) is 7. The SMILES string of the molecule is CC[C@]1(OC(=O)OCc2ccc(O[C@H]3OC(C(=O)O)[C@@H](O)C(O)C3O)c(NC(=O)CN(C)C(=O)CCN3C(=O)C=CC3=O)c2)C(=O)OCc2c1cc1n(c2=O)Cc2c-1nc1cc3c(cc1c2CNC(CO)(CO)CO)OCO3. The lowest BCUT2D eigenvalue weighted by molar-refractivity contribution is -0.271. The average molecular weight is 1090 g/mol. The maximum absolute atomic E-state index is 14.5. The number of carbonyl (C=O) groups is 7. The van der Waals surface area contributed by atoms with Gasteiger partial charge in [-0.3, -0.25) is 28.9 Å². The van der Waals surface area contributed by atoms with Gasteiger partial charge in [0.25, 0.3) is 17.4 Å². The second-order valence-corrected chi connectivity index (χ2v) is 18.9. The topological polar surface area (TPSA) is 391 Å². The Balaban J connectivity index is 0.976. The van der Waals surface area contributed by atoms with Crippen LogP contribution in [0, 0.1) is 0 Å². The molecule has 6 atom stereocenters. The van der Waals surface area contributed by atoms with Crippen LogP contribution in [0.1, 0.15) is 47.6 Å². The molecular weight excluding hydrogens is 1040 g/mol. The van der Waals surface area contributed by atoms with Gasteiger partial charge >= 0.3 is 18.1 Å². The summed E-state index contributed by atoms with van der Waals surface area (Å²) >= 11 is 0. The van der Waals surface area contributed by atoms with Gasteiger partial charge in [-0.15, -0.1) is 0 Å². The van der Waals surface area contributed by atoms with Crippen LogP contribution in [0.3, 0.4) is 0 Å². The third kappa shape index (κ3) is 10.1. The second-order valence-electron chi connectivity index (χ2n) is 18.9. The monoisotopic (exact) mass is 1090 g/mol. The van der Waals surface area contributed by atoms with E-state index < -0.39 is 129 Å². The van der Waals surface area contributed by atoms with Gasteiger partial charge in [-0.2, -0.15) is 0 Å². The lowest BCUT2D eigenvalue weighted by Gasteiger charge is -2.38. The van der Waals surface area contributed by atoms with E-state index in [2.05, 4.69) is 10.6 Å². The predicted octanol–water partition coefficient (Wildman–Crippen LogP) is -2.04. The number of cyclic esters (lactones) is 1. The Kier molecular flexibility index (Phi) is 15.2. The molecule has 2 aromatic carbocycles. The third-order valence-corrected chi connectivity index (χ3v) is 14.1. The Bertz CT molecular complexity index is 3200. The number of aliphatic hydroxyl groups excluding tert-OH is 6. The van der Waals surface area contributed by atoms with Crippen molar-refractivity contribution >= 4 is 58.3 Å². The van der Waals surface area contributed by atoms with Crippen molar-refractivity contribution in [1.29, 1.82) is 0 Å². The number of imide groups is 1. The van der Waals surface area contributed by atoms with Crippen LogP contribution in [-0.4, -0.2) is 180 Å². The van der Waals surface area contributed by atoms with Crippen LogP contribution in [-0.2, 0) is 79.6 Å². The zero-order chi connectivity index (χ0) is 56.0. The van der Waals surface area contributed by atoms with Crippen LogP contribution >= 0.6 is 0 Å². The molecule has 0 radical (unpaired) electrons. The molecule has 4 aromatic rings. The van der Waals surface area contributed by atoms with E-state index in [9.17, 15) is 74.1 Å². The van der Waals surface area contributed by atoms with Crippen molar-refractivity contribution in [2.45, 2.75) is 87.9 Å². The van der Waals surface area contributed by atoms with Crippen molar-refractivity contribution in [1.82, 2.24) is 24.7 Å². The number of carboxylic acid groups (broad SMARTS) is 1. The van der Waals surface area contributed by atoms with Gasteiger partial charge in [0, 0.05) is 61.3 Å². The van der Waals surface area contributed by atoms with E-state index >= 15 is 0 Å². The van der Waals surface area contributed by atoms with E-state index in [1.165, 1.54) is 42.8 Å². The van der Waals surface area contributed by atoms with Gasteiger partial charge in [-0.05, 0) is 41.8 Å². The molecule has 1 fully saturated rings. The molecule has 0 bridgehead atoms. The summed E-state index contributed by atoms with van der Waals surface area (Å²) in [5, 5.41) is 77.4. The number of esters is 1. The molecule has 9 rings (SSSR count). The molecule has 0 spiro atoms. The number of amides is 4. The number of nitrogens with one attached hydrogen (secondary N) is 2. The number of hydrogen-bond donors (Lipinski definition) is 9. The molecule has 0 aliphatic carbocycles. The van der Waals surface area contributed by atoms with Gasteiger partial charge in [0.05, 0.1) is 66.6 Å². The highest BCUT2D eigenvalue weighted by atomic mass is 16.7. The van der Waals surface area contributed by atoms with Gasteiger partial charge < -0.3 is 89.0 Å². The number of nitrogens with zero attached hydrogens (tertiary/aromatic N) is 4. The summed E-state index contributed by atoms with van der Waals surface area (Å²) in [4.78, 5) is 111. The van der Waals surface area contributed by atoms with Gasteiger partial charge in [0.1, 0.15) is 37.3 Å². The molecule has 28 heteroatoms. The largest absolute Gasteiger partial charge is 0.510 e. The first-order chi connectivity index (χ1) is 37.2. The number of likely N-dealkylation sites (N-methyl/N-ethyl adjacent to an activating group) is 1. The molecule has 9 N–H and O–H groups in total. The maximum atomic E-state index is 14.5. The average Bonchev–Trinajstić information content (AvgIpc) is 4.33. The van der Waals surface area contributed by atoms with Crippen molar-refractivity contribution in [3.8, 4) is 28.6 Å². The summed E-state index contributed by atoms with van der Waals surface area (Å²) in [6.45, 7) is -2.53. The Labute approximate surface area is 439 Å². The quantitative estimate of drug-likeness (QED) is 0.0318. The lowest BCUT2D eigenvalue weighted by Crippen LogP contribution is -2.61. The highest BCUT2D eigenvalue weighted by Gasteiger charge is 2.52. The van der Waals surface area contributed by atoms with Crippen LogP contribution in [0.2, 0.25) is 0 Å². The Morgan fingerprint density at radius 2 is 1.62 bits per heavy atom. The standard InChI is InChI=1S/C50H52N6O22/c1-3-50(28-12-31-39-26(15-56(31)44(67)27(28)18-72-47(50)70)25(14-51-49(19-57,20-58)21-59)24-11-33-34(75-22-74-33)13-29(24)53-39)78-48(71)73-17-23-4-5-32(76-46-42(66)40(64)41(65)43(77-46)45(68)69)30(10-23)52-35(60)16-54(2)36(61)8-9-55-37(62)6-7-38(55)63/h4-7,10-13,40-43,46,51,57-59,64-66H,3,8-9,14-22H2,1-2H3,(H,52,60)(H,68,69)/t40?,41-,42?,43?,46-,50+/m0/s1. The minimum Gasteiger partial charge on any atom is -0.479 e. The number of pyridine rings is 2. The number of fused-ring (bicyclic) bond motifs is 6. The fourth-order valence-electron chi connectivity index (χ4n) is 9.50. The van der Waals surface area contributed by atoms with Crippen LogP contribution in [0.5, 0.6) is 17.2 Å². The second kappa shape index (κ2) is 21.7. The third-order valence-electron chi connectivity index (χ3n) is 14.1. The predicted molar refractivity (Wildman–Crippen MR) is 259 cm³/mol. The number of aliphatic hydroxyl groups is 6. The molecule has 5 aliphatic rings. The summed E-state index contributed by atoms with van der Waals surface area (Å²) in [7, 11) is 1.27. The molecule has 1 saturated heterocycles. The molecule has 5 aliphatic heterocycles. The Morgan fingerprint density at radius 1 is 0.910 bits per heavy atom. The Hall–Kier alpha value is -8.09. The highest BCUT2D eigenvalue weighted by molar-refractivity contribution is 6.13. The van der Waals surface area contributed by atoms with E-state index in [-0.39, 0.29) is 73.1 Å². The first kappa shape index (κ1) is 54.7. The number of carbonyl (C=O) groups excluding carboxylic acids is 6. The Morgan fingerprint density at radius 3 is 2.29 bits per heavy atom. The van der Waals surface area contributed by atoms with Crippen molar-refractivity contribution < 1.29 is 102 Å². The summed E-state index contributed by atoms with van der Waals surface area (Å²) in [5.41, 5.74) is -2.53. The molecule has 0 saturated carbocycles. The van der Waals surface area contributed by atoms with Crippen molar-refractivity contribution in [3.63, 3.8) is 0 Å². The summed E-state index contributed by atoms with van der Waals surface area (Å²) in [6, 6.07) is 8.53. The first-order valence-corrected chi connectivity index (χ1v) is 24.2. The highest BCUT2D eigenvalue weighted by Crippen LogP contribution is 2.44. The minimum absolute atomic E-state index is 0.0192. The first-order valence-electron chi connectivity index (χ1n) is 24.2. The van der Waals surface area contributed by atoms with Crippen LogP contribution in [0.4, 0.5) is 10.5 Å². The van der Waals surface area contributed by atoms with Crippen molar-refractivity contribution in [2.75, 3.05) is 52.1 Å². The van der Waals surface area contributed by atoms with E-state index in [0.29, 0.717) is 39.2 Å². The van der Waals surface area contributed by atoms with Gasteiger partial charge in [-0.1, -0.05) is 13.0 Å². The van der Waals surface area contributed by atoms with Gasteiger partial charge in [0.2, 0.25) is 30.5 Å². The van der Waals surface area contributed by atoms with Crippen LogP contribution in [0.25, 0.3) is 22.3 Å². The zero-order valence-electron chi connectivity index (χ0n) is 41.5. The molecule has 4 amide bonds. The summed E-state index contributed by atoms with van der Waals surface area (Å²) in [5.74, 6) is -4.98. The number of aromatic nitrogens is 2. The van der Waals surface area contributed by atoms with E-state index in [1.807, 2.05) is 0 Å². The number of rotatable bonds is 19. The number of carboxylic acids is 1.